The average Bonchev–Trinajstić information content (AvgIpc) is 2.99. The number of urea groups is 1. The first-order valence-electron chi connectivity index (χ1n) is 7.22. The number of carbonyl (C=O) groups excluding carboxylic acids is 1. The number of benzene rings is 1. The van der Waals surface area contributed by atoms with Gasteiger partial charge in [-0.15, -0.1) is 0 Å². The van der Waals surface area contributed by atoms with E-state index in [0.29, 0.717) is 10.7 Å². The van der Waals surface area contributed by atoms with Gasteiger partial charge in [0.05, 0.1) is 23.4 Å². The van der Waals surface area contributed by atoms with Crippen LogP contribution >= 0.6 is 11.6 Å². The third-order valence-corrected chi connectivity index (χ3v) is 4.19. The van der Waals surface area contributed by atoms with Crippen LogP contribution in [0.4, 0.5) is 16.2 Å². The number of carbonyl (C=O) groups is 1. The van der Waals surface area contributed by atoms with Crippen molar-refractivity contribution in [3.8, 4) is 0 Å². The zero-order chi connectivity index (χ0) is 15.4. The topological polar surface area (TPSA) is 55.8 Å². The van der Waals surface area contributed by atoms with Crippen molar-refractivity contribution in [2.75, 3.05) is 37.0 Å². The number of nitrogens with zero attached hydrogens (tertiary/aromatic N) is 2. The number of nitrogens with one attached hydrogen (secondary N) is 1. The van der Waals surface area contributed by atoms with Crippen molar-refractivity contribution in [2.45, 2.75) is 25.8 Å². The molecule has 2 rings (SSSR count). The van der Waals surface area contributed by atoms with E-state index in [-0.39, 0.29) is 18.7 Å². The summed E-state index contributed by atoms with van der Waals surface area (Å²) >= 11 is 6.32. The molecule has 1 aromatic carbocycles. The normalized spacial score (nSPS) is 15.9. The first-order chi connectivity index (χ1) is 10.0. The quantitative estimate of drug-likeness (QED) is 0.899. The van der Waals surface area contributed by atoms with Crippen LogP contribution in [0.2, 0.25) is 5.02 Å². The first kappa shape index (κ1) is 15.9. The van der Waals surface area contributed by atoms with Crippen LogP contribution in [0.3, 0.4) is 0 Å². The molecule has 0 bridgehead atoms. The number of halogens is 1. The maximum absolute atomic E-state index is 12.0. The van der Waals surface area contributed by atoms with Gasteiger partial charge in [-0.25, -0.2) is 4.79 Å². The standard InChI is InChI=1S/C15H22ClN3O2/c1-11(10-20)18(2)15(21)17-12-5-6-14(13(16)9-12)19-7-3-4-8-19/h5-6,9,11,20H,3-4,7-8,10H2,1-2H3,(H,17,21). The fraction of sp³-hybridized carbons (Fsp3) is 0.533. The molecule has 0 spiro atoms. The predicted octanol–water partition coefficient (Wildman–Crippen LogP) is 2.78. The zero-order valence-electron chi connectivity index (χ0n) is 12.5. The van der Waals surface area contributed by atoms with Crippen LogP contribution in [0.25, 0.3) is 0 Å². The summed E-state index contributed by atoms with van der Waals surface area (Å²) in [5.74, 6) is 0. The largest absolute Gasteiger partial charge is 0.394 e. The molecule has 1 unspecified atom stereocenters. The molecule has 0 aromatic heterocycles. The highest BCUT2D eigenvalue weighted by Crippen LogP contribution is 2.31. The zero-order valence-corrected chi connectivity index (χ0v) is 13.2. The molecule has 2 amide bonds. The smallest absolute Gasteiger partial charge is 0.321 e. The molecule has 1 aliphatic rings. The van der Waals surface area contributed by atoms with Gasteiger partial charge in [-0.05, 0) is 38.0 Å². The second-order valence-electron chi connectivity index (χ2n) is 5.43. The van der Waals surface area contributed by atoms with Gasteiger partial charge in [-0.3, -0.25) is 0 Å². The van der Waals surface area contributed by atoms with Crippen LogP contribution in [0, 0.1) is 0 Å². The Kier molecular flexibility index (Phi) is 5.31. The van der Waals surface area contributed by atoms with Crippen molar-refractivity contribution in [1.82, 2.24) is 4.90 Å². The summed E-state index contributed by atoms with van der Waals surface area (Å²) in [7, 11) is 1.65. The van der Waals surface area contributed by atoms with Crippen LogP contribution < -0.4 is 10.2 Å². The monoisotopic (exact) mass is 311 g/mol. The summed E-state index contributed by atoms with van der Waals surface area (Å²) in [6.45, 7) is 3.77. The molecule has 6 heteroatoms. The molecule has 0 aliphatic carbocycles. The van der Waals surface area contributed by atoms with Crippen LogP contribution in [0.15, 0.2) is 18.2 Å². The fourth-order valence-corrected chi connectivity index (χ4v) is 2.63. The van der Waals surface area contributed by atoms with Gasteiger partial charge < -0.3 is 20.2 Å². The van der Waals surface area contributed by atoms with E-state index in [2.05, 4.69) is 10.2 Å². The van der Waals surface area contributed by atoms with E-state index in [1.54, 1.807) is 20.0 Å². The Labute approximate surface area is 130 Å². The van der Waals surface area contributed by atoms with Crippen LogP contribution in [-0.2, 0) is 0 Å². The van der Waals surface area contributed by atoms with Crippen LogP contribution in [-0.4, -0.2) is 48.8 Å². The molecule has 1 atom stereocenters. The lowest BCUT2D eigenvalue weighted by atomic mass is 10.2. The molecular formula is C15H22ClN3O2. The number of hydrogen-bond donors (Lipinski definition) is 2. The van der Waals surface area contributed by atoms with Crippen molar-refractivity contribution in [2.24, 2.45) is 0 Å². The highest BCUT2D eigenvalue weighted by atomic mass is 35.5. The Hall–Kier alpha value is -1.46. The first-order valence-corrected chi connectivity index (χ1v) is 7.60. The van der Waals surface area contributed by atoms with E-state index in [4.69, 9.17) is 16.7 Å². The molecule has 2 N–H and O–H groups in total. The summed E-state index contributed by atoms with van der Waals surface area (Å²) in [5.41, 5.74) is 1.68. The molecule has 5 nitrogen and oxygen atoms in total. The minimum absolute atomic E-state index is 0.0709. The van der Waals surface area contributed by atoms with Gasteiger partial charge in [0.25, 0.3) is 0 Å². The summed E-state index contributed by atoms with van der Waals surface area (Å²) in [6.07, 6.45) is 2.39. The minimum Gasteiger partial charge on any atom is -0.394 e. The van der Waals surface area contributed by atoms with E-state index in [1.165, 1.54) is 17.7 Å². The summed E-state index contributed by atoms with van der Waals surface area (Å²) in [5, 5.41) is 12.5. The van der Waals surface area contributed by atoms with Crippen molar-refractivity contribution >= 4 is 29.0 Å². The number of likely N-dealkylation sites (N-methyl/N-ethyl adjacent to an activating group) is 1. The van der Waals surface area contributed by atoms with Crippen molar-refractivity contribution in [1.29, 1.82) is 0 Å². The fourth-order valence-electron chi connectivity index (χ4n) is 2.33. The third kappa shape index (κ3) is 3.80. The number of aliphatic hydroxyl groups excluding tert-OH is 1. The second kappa shape index (κ2) is 7.00. The summed E-state index contributed by atoms with van der Waals surface area (Å²) in [6, 6.07) is 5.07. The Bertz CT molecular complexity index is 504. The van der Waals surface area contributed by atoms with Gasteiger partial charge in [0, 0.05) is 25.8 Å². The van der Waals surface area contributed by atoms with Gasteiger partial charge in [0.15, 0.2) is 0 Å². The van der Waals surface area contributed by atoms with Gasteiger partial charge in [0.2, 0.25) is 0 Å². The Balaban J connectivity index is 2.04. The number of anilines is 2. The predicted molar refractivity (Wildman–Crippen MR) is 86.2 cm³/mol. The number of aliphatic hydroxyl groups is 1. The molecule has 0 saturated carbocycles. The lowest BCUT2D eigenvalue weighted by Crippen LogP contribution is -2.40. The Morgan fingerprint density at radius 1 is 1.48 bits per heavy atom. The van der Waals surface area contributed by atoms with Crippen molar-refractivity contribution in [3.63, 3.8) is 0 Å². The minimum atomic E-state index is -0.262. The van der Waals surface area contributed by atoms with Crippen LogP contribution in [0.5, 0.6) is 0 Å². The molecule has 1 aliphatic heterocycles. The molecule has 1 heterocycles. The maximum Gasteiger partial charge on any atom is 0.321 e. The van der Waals surface area contributed by atoms with Crippen molar-refractivity contribution in [3.05, 3.63) is 23.2 Å². The van der Waals surface area contributed by atoms with E-state index in [0.717, 1.165) is 18.8 Å². The summed E-state index contributed by atoms with van der Waals surface area (Å²) in [4.78, 5) is 15.7. The van der Waals surface area contributed by atoms with Gasteiger partial charge >= 0.3 is 6.03 Å². The molecule has 1 aromatic rings. The molecule has 1 fully saturated rings. The van der Waals surface area contributed by atoms with Gasteiger partial charge in [-0.2, -0.15) is 0 Å². The number of rotatable bonds is 4. The number of amides is 2. The second-order valence-corrected chi connectivity index (χ2v) is 5.84. The van der Waals surface area contributed by atoms with E-state index in [9.17, 15) is 4.79 Å². The average molecular weight is 312 g/mol. The maximum atomic E-state index is 12.0. The number of hydrogen-bond acceptors (Lipinski definition) is 3. The lowest BCUT2D eigenvalue weighted by molar-refractivity contribution is 0.166. The summed E-state index contributed by atoms with van der Waals surface area (Å²) < 4.78 is 0. The highest BCUT2D eigenvalue weighted by molar-refractivity contribution is 6.33. The van der Waals surface area contributed by atoms with E-state index < -0.39 is 0 Å². The van der Waals surface area contributed by atoms with Gasteiger partial charge in [-0.1, -0.05) is 11.6 Å². The van der Waals surface area contributed by atoms with E-state index in [1.807, 2.05) is 12.1 Å². The van der Waals surface area contributed by atoms with Crippen molar-refractivity contribution < 1.29 is 9.90 Å². The molecule has 116 valence electrons. The lowest BCUT2D eigenvalue weighted by Gasteiger charge is -2.24. The Morgan fingerprint density at radius 3 is 2.71 bits per heavy atom. The van der Waals surface area contributed by atoms with Gasteiger partial charge in [0.1, 0.15) is 0 Å². The molecular weight excluding hydrogens is 290 g/mol. The molecule has 1 saturated heterocycles. The Morgan fingerprint density at radius 2 is 2.14 bits per heavy atom. The van der Waals surface area contributed by atoms with Crippen LogP contribution in [0.1, 0.15) is 19.8 Å². The third-order valence-electron chi connectivity index (χ3n) is 3.89. The van der Waals surface area contributed by atoms with E-state index >= 15 is 0 Å². The molecule has 21 heavy (non-hydrogen) atoms. The SMILES string of the molecule is CC(CO)N(C)C(=O)Nc1ccc(N2CCCC2)c(Cl)c1. The highest BCUT2D eigenvalue weighted by Gasteiger charge is 2.17. The molecule has 0 radical (unpaired) electrons.